The number of unbranched alkanes of at least 4 members (excludes halogenated alkanes) is 1. The van der Waals surface area contributed by atoms with E-state index in [1.807, 2.05) is 0 Å². The van der Waals surface area contributed by atoms with Crippen molar-refractivity contribution in [2.75, 3.05) is 6.54 Å². The third-order valence-electron chi connectivity index (χ3n) is 2.57. The Bertz CT molecular complexity index is 313. The van der Waals surface area contributed by atoms with E-state index in [2.05, 4.69) is 22.6 Å². The highest BCUT2D eigenvalue weighted by atomic mass is 16.4. The minimum Gasteiger partial charge on any atom is -0.480 e. The molecule has 0 fully saturated rings. The monoisotopic (exact) mass is 240 g/mol. The fraction of sp³-hybridized carbons (Fsp3) is 0.727. The molecule has 6 nitrogen and oxygen atoms in total. The van der Waals surface area contributed by atoms with Gasteiger partial charge in [0, 0.05) is 12.7 Å². The Morgan fingerprint density at radius 1 is 1.53 bits per heavy atom. The molecule has 0 radical (unpaired) electrons. The summed E-state index contributed by atoms with van der Waals surface area (Å²) < 4.78 is 1.74. The second-order valence-corrected chi connectivity index (χ2v) is 4.01. The zero-order valence-corrected chi connectivity index (χ0v) is 10.2. The van der Waals surface area contributed by atoms with E-state index in [1.165, 1.54) is 0 Å². The van der Waals surface area contributed by atoms with E-state index >= 15 is 0 Å². The first kappa shape index (κ1) is 13.6. The van der Waals surface area contributed by atoms with Crippen molar-refractivity contribution in [2.45, 2.75) is 45.2 Å². The van der Waals surface area contributed by atoms with E-state index in [1.54, 1.807) is 17.1 Å². The number of aryl methyl sites for hydroxylation is 1. The fourth-order valence-corrected chi connectivity index (χ4v) is 1.59. The summed E-state index contributed by atoms with van der Waals surface area (Å²) in [7, 11) is 0. The van der Waals surface area contributed by atoms with Crippen LogP contribution < -0.4 is 5.32 Å². The molecule has 2 N–H and O–H groups in total. The van der Waals surface area contributed by atoms with Crippen molar-refractivity contribution in [3.63, 3.8) is 0 Å². The summed E-state index contributed by atoms with van der Waals surface area (Å²) in [6.45, 7) is 3.50. The van der Waals surface area contributed by atoms with Crippen LogP contribution in [0.25, 0.3) is 0 Å². The van der Waals surface area contributed by atoms with Crippen molar-refractivity contribution in [1.29, 1.82) is 0 Å². The molecule has 0 saturated heterocycles. The van der Waals surface area contributed by atoms with E-state index in [-0.39, 0.29) is 0 Å². The van der Waals surface area contributed by atoms with Crippen LogP contribution in [0.2, 0.25) is 0 Å². The normalized spacial score (nSPS) is 12.5. The van der Waals surface area contributed by atoms with Gasteiger partial charge >= 0.3 is 5.97 Å². The minimum atomic E-state index is -0.765. The molecule has 0 aliphatic rings. The smallest absolute Gasteiger partial charge is 0.320 e. The van der Waals surface area contributed by atoms with Crippen molar-refractivity contribution < 1.29 is 9.90 Å². The molecule has 1 aromatic heterocycles. The highest BCUT2D eigenvalue weighted by Gasteiger charge is 2.14. The molecule has 0 aliphatic carbocycles. The molecule has 0 spiro atoms. The second-order valence-electron chi connectivity index (χ2n) is 4.01. The maximum atomic E-state index is 10.9. The van der Waals surface area contributed by atoms with Crippen LogP contribution in [-0.4, -0.2) is 38.7 Å². The van der Waals surface area contributed by atoms with Gasteiger partial charge in [0.05, 0.1) is 6.20 Å². The van der Waals surface area contributed by atoms with E-state index in [9.17, 15) is 4.79 Å². The van der Waals surface area contributed by atoms with Gasteiger partial charge in [-0.15, -0.1) is 5.10 Å². The number of nitrogens with zero attached hydrogens (tertiary/aromatic N) is 3. The maximum Gasteiger partial charge on any atom is 0.320 e. The molecular formula is C11H20N4O2. The fourth-order valence-electron chi connectivity index (χ4n) is 1.59. The number of carboxylic acids is 1. The lowest BCUT2D eigenvalue weighted by atomic mass is 10.1. The van der Waals surface area contributed by atoms with Crippen LogP contribution in [0.1, 0.15) is 32.6 Å². The lowest BCUT2D eigenvalue weighted by Gasteiger charge is -2.13. The maximum absolute atomic E-state index is 10.9. The molecule has 0 bridgehead atoms. The zero-order valence-electron chi connectivity index (χ0n) is 10.2. The first-order valence-electron chi connectivity index (χ1n) is 6.04. The minimum absolute atomic E-state index is 0.425. The summed E-state index contributed by atoms with van der Waals surface area (Å²) in [6.07, 6.45) is 6.92. The first-order chi connectivity index (χ1) is 8.24. The number of aliphatic carboxylic acids is 1. The number of carboxylic acid groups (broad SMARTS) is 1. The van der Waals surface area contributed by atoms with Gasteiger partial charge < -0.3 is 10.4 Å². The van der Waals surface area contributed by atoms with Gasteiger partial charge in [-0.1, -0.05) is 25.0 Å². The van der Waals surface area contributed by atoms with Crippen LogP contribution in [0, 0.1) is 0 Å². The van der Waals surface area contributed by atoms with Crippen LogP contribution in [0.3, 0.4) is 0 Å². The van der Waals surface area contributed by atoms with Gasteiger partial charge in [-0.2, -0.15) is 0 Å². The largest absolute Gasteiger partial charge is 0.480 e. The summed E-state index contributed by atoms with van der Waals surface area (Å²) in [6, 6.07) is -0.425. The highest BCUT2D eigenvalue weighted by molar-refractivity contribution is 5.73. The molecule has 0 amide bonds. The number of hydrogen-bond acceptors (Lipinski definition) is 4. The van der Waals surface area contributed by atoms with Crippen molar-refractivity contribution in [3.05, 3.63) is 12.4 Å². The highest BCUT2D eigenvalue weighted by Crippen LogP contribution is 2.01. The third kappa shape index (κ3) is 5.44. The van der Waals surface area contributed by atoms with E-state index in [0.29, 0.717) is 13.0 Å². The molecule has 1 atom stereocenters. The molecule has 1 heterocycles. The molecule has 0 saturated carbocycles. The predicted molar refractivity (Wildman–Crippen MR) is 63.6 cm³/mol. The molecule has 0 aliphatic heterocycles. The van der Waals surface area contributed by atoms with Crippen molar-refractivity contribution in [2.24, 2.45) is 0 Å². The van der Waals surface area contributed by atoms with E-state index in [0.717, 1.165) is 25.8 Å². The van der Waals surface area contributed by atoms with Gasteiger partial charge in [0.2, 0.25) is 0 Å². The summed E-state index contributed by atoms with van der Waals surface area (Å²) in [5.74, 6) is -0.765. The Balaban J connectivity index is 2.16. The van der Waals surface area contributed by atoms with Crippen molar-refractivity contribution in [1.82, 2.24) is 20.3 Å². The first-order valence-corrected chi connectivity index (χ1v) is 6.04. The number of nitrogens with one attached hydrogen (secondary N) is 1. The summed E-state index contributed by atoms with van der Waals surface area (Å²) in [5.41, 5.74) is 0. The lowest BCUT2D eigenvalue weighted by Crippen LogP contribution is -2.37. The van der Waals surface area contributed by atoms with Crippen LogP contribution >= 0.6 is 0 Å². The van der Waals surface area contributed by atoms with Gasteiger partial charge in [0.15, 0.2) is 0 Å². The molecule has 96 valence electrons. The van der Waals surface area contributed by atoms with Gasteiger partial charge in [0.25, 0.3) is 0 Å². The topological polar surface area (TPSA) is 80.0 Å². The Morgan fingerprint density at radius 2 is 2.35 bits per heavy atom. The number of hydrogen-bond donors (Lipinski definition) is 2. The summed E-state index contributed by atoms with van der Waals surface area (Å²) >= 11 is 0. The van der Waals surface area contributed by atoms with Gasteiger partial charge in [-0.25, -0.2) is 0 Å². The van der Waals surface area contributed by atoms with Gasteiger partial charge in [-0.05, 0) is 19.4 Å². The molecule has 1 unspecified atom stereocenters. The lowest BCUT2D eigenvalue weighted by molar-refractivity contribution is -0.139. The van der Waals surface area contributed by atoms with Crippen molar-refractivity contribution in [3.8, 4) is 0 Å². The van der Waals surface area contributed by atoms with Gasteiger partial charge in [0.1, 0.15) is 6.04 Å². The van der Waals surface area contributed by atoms with Gasteiger partial charge in [-0.3, -0.25) is 9.48 Å². The Morgan fingerprint density at radius 3 is 2.94 bits per heavy atom. The number of rotatable bonds is 9. The molecule has 1 rings (SSSR count). The SMILES string of the molecule is CCCCC(NCCCn1ccnn1)C(=O)O. The molecule has 0 aromatic carbocycles. The Labute approximate surface area is 101 Å². The molecule has 1 aromatic rings. The van der Waals surface area contributed by atoms with Crippen LogP contribution in [-0.2, 0) is 11.3 Å². The van der Waals surface area contributed by atoms with E-state index < -0.39 is 12.0 Å². The van der Waals surface area contributed by atoms with Crippen molar-refractivity contribution >= 4 is 5.97 Å². The Kier molecular flexibility index (Phi) is 6.24. The molecule has 17 heavy (non-hydrogen) atoms. The van der Waals surface area contributed by atoms with Crippen LogP contribution in [0.5, 0.6) is 0 Å². The predicted octanol–water partition coefficient (Wildman–Crippen LogP) is 0.901. The van der Waals surface area contributed by atoms with Crippen LogP contribution in [0.15, 0.2) is 12.4 Å². The zero-order chi connectivity index (χ0) is 12.5. The second kappa shape index (κ2) is 7.78. The number of aromatic nitrogens is 3. The molecular weight excluding hydrogens is 220 g/mol. The van der Waals surface area contributed by atoms with E-state index in [4.69, 9.17) is 5.11 Å². The quantitative estimate of drug-likeness (QED) is 0.627. The number of carbonyl (C=O) groups is 1. The standard InChI is InChI=1S/C11H20N4O2/c1-2-3-5-10(11(16)17)12-6-4-8-15-9-7-13-14-15/h7,9-10,12H,2-6,8H2,1H3,(H,16,17). The Hall–Kier alpha value is -1.43. The average molecular weight is 240 g/mol. The summed E-state index contributed by atoms with van der Waals surface area (Å²) in [5, 5.41) is 19.6. The van der Waals surface area contributed by atoms with Crippen LogP contribution in [0.4, 0.5) is 0 Å². The molecule has 6 heteroatoms. The third-order valence-corrected chi connectivity index (χ3v) is 2.57. The summed E-state index contributed by atoms with van der Waals surface area (Å²) in [4.78, 5) is 10.9. The average Bonchev–Trinajstić information content (AvgIpc) is 2.80.